The van der Waals surface area contributed by atoms with Crippen LogP contribution in [-0.4, -0.2) is 71.5 Å². The van der Waals surface area contributed by atoms with Gasteiger partial charge in [-0.3, -0.25) is 0 Å². The van der Waals surface area contributed by atoms with Crippen LogP contribution < -0.4 is 0 Å². The minimum absolute atomic E-state index is 1.08. The predicted molar refractivity (Wildman–Crippen MR) is 86.0 cm³/mol. The van der Waals surface area contributed by atoms with Crippen molar-refractivity contribution in [3.63, 3.8) is 0 Å². The molecular formula is C15H35InN2. The Hall–Kier alpha value is 0.790. The van der Waals surface area contributed by atoms with Crippen LogP contribution in [0.15, 0.2) is 0 Å². The summed E-state index contributed by atoms with van der Waals surface area (Å²) in [5.74, 6) is 0. The summed E-state index contributed by atoms with van der Waals surface area (Å²) in [6.45, 7) is 9.73. The second-order valence-corrected chi connectivity index (χ2v) is 15.6. The van der Waals surface area contributed by atoms with Crippen molar-refractivity contribution in [2.45, 2.75) is 52.6 Å². The number of hydrogen-bond donors (Lipinski definition) is 0. The van der Waals surface area contributed by atoms with Crippen LogP contribution >= 0.6 is 0 Å². The molecule has 0 fully saturated rings. The third kappa shape index (κ3) is 11.9. The minimum atomic E-state index is -1.08. The molecule has 0 aliphatic heterocycles. The number of rotatable bonds is 12. The van der Waals surface area contributed by atoms with Gasteiger partial charge in [0.1, 0.15) is 0 Å². The van der Waals surface area contributed by atoms with Gasteiger partial charge in [0.05, 0.1) is 0 Å². The molecule has 18 heavy (non-hydrogen) atoms. The Kier molecular flexibility index (Phi) is 13.4. The zero-order valence-corrected chi connectivity index (χ0v) is 16.8. The molecule has 0 saturated heterocycles. The van der Waals surface area contributed by atoms with Gasteiger partial charge in [-0.1, -0.05) is 0 Å². The van der Waals surface area contributed by atoms with E-state index < -0.39 is 21.4 Å². The average Bonchev–Trinajstić information content (AvgIpc) is 2.29. The Morgan fingerprint density at radius 3 is 1.44 bits per heavy atom. The van der Waals surface area contributed by atoms with E-state index in [1.807, 2.05) is 0 Å². The fourth-order valence-corrected chi connectivity index (χ4v) is 8.39. The van der Waals surface area contributed by atoms with Crippen molar-refractivity contribution < 1.29 is 0 Å². The second-order valence-electron chi connectivity index (χ2n) is 6.00. The molecule has 0 aromatic rings. The van der Waals surface area contributed by atoms with Gasteiger partial charge >= 0.3 is 124 Å². The van der Waals surface area contributed by atoms with Crippen molar-refractivity contribution >= 4 is 21.4 Å². The molecule has 2 nitrogen and oxygen atoms in total. The molecule has 0 heterocycles. The molecule has 0 bridgehead atoms. The van der Waals surface area contributed by atoms with E-state index >= 15 is 0 Å². The topological polar surface area (TPSA) is 6.48 Å². The van der Waals surface area contributed by atoms with E-state index in [1.165, 1.54) is 51.9 Å². The summed E-state index contributed by atoms with van der Waals surface area (Å²) in [5, 5.41) is 0. The van der Waals surface area contributed by atoms with Gasteiger partial charge in [0.2, 0.25) is 0 Å². The van der Waals surface area contributed by atoms with Crippen LogP contribution in [-0.2, 0) is 0 Å². The fourth-order valence-electron chi connectivity index (χ4n) is 2.55. The van der Waals surface area contributed by atoms with Crippen molar-refractivity contribution in [2.24, 2.45) is 0 Å². The van der Waals surface area contributed by atoms with Gasteiger partial charge < -0.3 is 0 Å². The van der Waals surface area contributed by atoms with Gasteiger partial charge in [0.25, 0.3) is 0 Å². The van der Waals surface area contributed by atoms with E-state index in [0.717, 1.165) is 0 Å². The Morgan fingerprint density at radius 1 is 0.722 bits per heavy atom. The summed E-state index contributed by atoms with van der Waals surface area (Å²) >= 11 is -1.08. The summed E-state index contributed by atoms with van der Waals surface area (Å²) in [6, 6.07) is 0. The van der Waals surface area contributed by atoms with Crippen LogP contribution in [0.4, 0.5) is 0 Å². The molecule has 0 N–H and O–H groups in total. The van der Waals surface area contributed by atoms with Crippen molar-refractivity contribution in [1.29, 1.82) is 0 Å². The van der Waals surface area contributed by atoms with Gasteiger partial charge in [-0.05, 0) is 0 Å². The van der Waals surface area contributed by atoms with Crippen LogP contribution in [0.5, 0.6) is 0 Å². The second kappa shape index (κ2) is 12.8. The molecule has 0 saturated carbocycles. The summed E-state index contributed by atoms with van der Waals surface area (Å²) in [6.07, 6.45) is 5.50. The maximum atomic E-state index is 2.63. The monoisotopic (exact) mass is 358 g/mol. The molecular weight excluding hydrogens is 323 g/mol. The summed E-state index contributed by atoms with van der Waals surface area (Å²) in [7, 11) is 4.53. The molecule has 0 radical (unpaired) electrons. The normalized spacial score (nSPS) is 11.5. The molecule has 0 aliphatic carbocycles. The van der Waals surface area contributed by atoms with E-state index in [9.17, 15) is 0 Å². The van der Waals surface area contributed by atoms with Crippen LogP contribution in [0.1, 0.15) is 39.5 Å². The Bertz CT molecular complexity index is 158. The Balaban J connectivity index is 3.39. The van der Waals surface area contributed by atoms with Gasteiger partial charge in [-0.25, -0.2) is 0 Å². The molecule has 0 aliphatic rings. The van der Waals surface area contributed by atoms with E-state index in [1.54, 1.807) is 8.35 Å². The molecule has 3 heteroatoms. The molecule has 0 atom stereocenters. The molecule has 0 amide bonds. The van der Waals surface area contributed by atoms with Gasteiger partial charge in [-0.2, -0.15) is 0 Å². The quantitative estimate of drug-likeness (QED) is 0.526. The molecule has 0 spiro atoms. The van der Waals surface area contributed by atoms with E-state index in [0.29, 0.717) is 0 Å². The zero-order valence-electron chi connectivity index (χ0n) is 13.5. The summed E-state index contributed by atoms with van der Waals surface area (Å²) in [5.41, 5.74) is 0. The average molecular weight is 358 g/mol. The van der Waals surface area contributed by atoms with Gasteiger partial charge in [0.15, 0.2) is 0 Å². The summed E-state index contributed by atoms with van der Waals surface area (Å²) < 4.78 is 5.84. The van der Waals surface area contributed by atoms with Crippen LogP contribution in [0.3, 0.4) is 0 Å². The van der Waals surface area contributed by atoms with Crippen LogP contribution in [0.2, 0.25) is 13.0 Å². The van der Waals surface area contributed by atoms with E-state index in [2.05, 4.69) is 42.4 Å². The Morgan fingerprint density at radius 2 is 1.11 bits per heavy atom. The van der Waals surface area contributed by atoms with E-state index in [4.69, 9.17) is 0 Å². The molecule has 0 rings (SSSR count). The van der Waals surface area contributed by atoms with Crippen molar-refractivity contribution in [1.82, 2.24) is 9.80 Å². The van der Waals surface area contributed by atoms with Crippen LogP contribution in [0.25, 0.3) is 0 Å². The maximum absolute atomic E-state index is 2.63. The van der Waals surface area contributed by atoms with Crippen molar-refractivity contribution in [3.05, 3.63) is 0 Å². The first kappa shape index (κ1) is 18.8. The first-order chi connectivity index (χ1) is 8.60. The SMILES string of the molecule is CCCN(C)CC[CH2][In]([CH3])[CH2]CCN(C)CCC. The van der Waals surface area contributed by atoms with Gasteiger partial charge in [-0.15, -0.1) is 0 Å². The zero-order chi connectivity index (χ0) is 13.8. The van der Waals surface area contributed by atoms with Gasteiger partial charge in [0, 0.05) is 0 Å². The molecule has 0 aromatic carbocycles. The van der Waals surface area contributed by atoms with Crippen molar-refractivity contribution in [2.75, 3.05) is 40.3 Å². The van der Waals surface area contributed by atoms with Crippen LogP contribution in [0, 0.1) is 0 Å². The number of hydrogen-bond acceptors (Lipinski definition) is 2. The third-order valence-corrected chi connectivity index (χ3v) is 11.6. The predicted octanol–water partition coefficient (Wildman–Crippen LogP) is 3.57. The van der Waals surface area contributed by atoms with E-state index in [-0.39, 0.29) is 0 Å². The third-order valence-electron chi connectivity index (χ3n) is 3.68. The Labute approximate surface area is 124 Å². The molecule has 108 valence electrons. The first-order valence-corrected chi connectivity index (χ1v) is 15.9. The standard InChI is InChI=1S/2C7H16N.CH3.In/c2*1-4-6-8(3)7-5-2;;/h2*1,4-7H2,2-3H3;1H3;. The summed E-state index contributed by atoms with van der Waals surface area (Å²) in [4.78, 5) is 4.99. The van der Waals surface area contributed by atoms with Crippen molar-refractivity contribution in [3.8, 4) is 0 Å². The number of nitrogens with zero attached hydrogens (tertiary/aromatic N) is 2. The first-order valence-electron chi connectivity index (χ1n) is 7.97. The molecule has 0 unspecified atom stereocenters. The fraction of sp³-hybridized carbons (Fsp3) is 1.00. The molecule has 0 aromatic heterocycles.